The van der Waals surface area contributed by atoms with Crippen molar-refractivity contribution in [3.8, 4) is 0 Å². The van der Waals surface area contributed by atoms with Crippen LogP contribution in [0.3, 0.4) is 0 Å². The molecule has 0 radical (unpaired) electrons. The quantitative estimate of drug-likeness (QED) is 0.610. The Labute approximate surface area is 108 Å². The van der Waals surface area contributed by atoms with Gasteiger partial charge in [0.2, 0.25) is 0 Å². The third-order valence-corrected chi connectivity index (χ3v) is 2.89. The predicted octanol–water partition coefficient (Wildman–Crippen LogP) is 3.90. The van der Waals surface area contributed by atoms with Crippen molar-refractivity contribution in [2.45, 2.75) is 19.8 Å². The summed E-state index contributed by atoms with van der Waals surface area (Å²) in [7, 11) is 0. The van der Waals surface area contributed by atoms with E-state index >= 15 is 0 Å². The first-order valence-electron chi connectivity index (χ1n) is 6.40. The molecule has 0 spiro atoms. The Kier molecular flexibility index (Phi) is 4.24. The number of unbranched alkanes of at least 4 members (excludes halogenated alkanes) is 1. The monoisotopic (exact) mass is 238 g/mol. The van der Waals surface area contributed by atoms with Crippen molar-refractivity contribution in [1.29, 1.82) is 5.41 Å². The summed E-state index contributed by atoms with van der Waals surface area (Å²) in [4.78, 5) is 4.54. The van der Waals surface area contributed by atoms with Gasteiger partial charge in [0.1, 0.15) is 0 Å². The summed E-state index contributed by atoms with van der Waals surface area (Å²) in [6.45, 7) is 3.03. The topological polar surface area (TPSA) is 36.2 Å². The summed E-state index contributed by atoms with van der Waals surface area (Å²) in [5, 5.41) is 7.98. The van der Waals surface area contributed by atoms with E-state index in [0.29, 0.717) is 5.71 Å². The van der Waals surface area contributed by atoms with E-state index in [1.54, 1.807) is 0 Å². The van der Waals surface area contributed by atoms with Gasteiger partial charge >= 0.3 is 0 Å². The Balaban J connectivity index is 2.23. The van der Waals surface area contributed by atoms with Gasteiger partial charge in [-0.25, -0.2) is 0 Å². The van der Waals surface area contributed by atoms with Crippen LogP contribution in [0.4, 0.5) is 0 Å². The van der Waals surface area contributed by atoms with E-state index in [4.69, 9.17) is 5.41 Å². The molecular weight excluding hydrogens is 220 g/mol. The Morgan fingerprint density at radius 2 is 1.89 bits per heavy atom. The number of aliphatic imine (C=N–C) groups is 1. The molecule has 0 aromatic heterocycles. The molecule has 0 atom stereocenters. The molecule has 18 heavy (non-hydrogen) atoms. The van der Waals surface area contributed by atoms with E-state index in [-0.39, 0.29) is 0 Å². The number of rotatable bonds is 4. The summed E-state index contributed by atoms with van der Waals surface area (Å²) < 4.78 is 0. The maximum Gasteiger partial charge on any atom is 0.0619 e. The van der Waals surface area contributed by atoms with E-state index in [0.717, 1.165) is 36.2 Å². The highest BCUT2D eigenvalue weighted by atomic mass is 14.7. The highest BCUT2D eigenvalue weighted by molar-refractivity contribution is 6.35. The Bertz CT molecular complexity index is 507. The molecule has 1 aliphatic carbocycles. The zero-order valence-corrected chi connectivity index (χ0v) is 10.7. The summed E-state index contributed by atoms with van der Waals surface area (Å²) in [5.41, 5.74) is 3.55. The third kappa shape index (κ3) is 3.04. The van der Waals surface area contributed by atoms with E-state index in [1.807, 2.05) is 48.6 Å². The van der Waals surface area contributed by atoms with E-state index < -0.39 is 0 Å². The van der Waals surface area contributed by atoms with Crippen molar-refractivity contribution in [2.24, 2.45) is 4.99 Å². The van der Waals surface area contributed by atoms with Crippen LogP contribution < -0.4 is 0 Å². The Hall–Kier alpha value is -1.96. The zero-order chi connectivity index (χ0) is 12.8. The van der Waals surface area contributed by atoms with Gasteiger partial charge in [-0.05, 0) is 30.2 Å². The number of hydrogen-bond donors (Lipinski definition) is 1. The van der Waals surface area contributed by atoms with Gasteiger partial charge in [0.05, 0.1) is 11.4 Å². The van der Waals surface area contributed by atoms with Gasteiger partial charge in [-0.3, -0.25) is 4.99 Å². The molecule has 0 heterocycles. The summed E-state index contributed by atoms with van der Waals surface area (Å²) in [5.74, 6) is 0. The third-order valence-electron chi connectivity index (χ3n) is 2.89. The molecule has 0 amide bonds. The first-order chi connectivity index (χ1) is 8.81. The number of nitrogens with one attached hydrogen (secondary N) is 1. The molecule has 0 bridgehead atoms. The van der Waals surface area contributed by atoms with Crippen LogP contribution in [0.2, 0.25) is 0 Å². The van der Waals surface area contributed by atoms with Crippen LogP contribution in [0.1, 0.15) is 25.3 Å². The van der Waals surface area contributed by atoms with Crippen molar-refractivity contribution < 1.29 is 0 Å². The van der Waals surface area contributed by atoms with Crippen LogP contribution in [0.15, 0.2) is 53.6 Å². The van der Waals surface area contributed by atoms with Crippen LogP contribution in [0, 0.1) is 5.41 Å². The lowest BCUT2D eigenvalue weighted by Crippen LogP contribution is -2.06. The smallest absolute Gasteiger partial charge is 0.0619 e. The average Bonchev–Trinajstić information content (AvgIpc) is 2.42. The molecule has 1 aromatic carbocycles. The Morgan fingerprint density at radius 1 is 1.11 bits per heavy atom. The molecule has 1 aromatic rings. The SMILES string of the molecule is CCCCN=C1C=CC(=N)C(c2ccccc2)=C1. The van der Waals surface area contributed by atoms with E-state index in [2.05, 4.69) is 11.9 Å². The first-order valence-corrected chi connectivity index (χ1v) is 6.40. The summed E-state index contributed by atoms with van der Waals surface area (Å²) in [6, 6.07) is 10.0. The van der Waals surface area contributed by atoms with Crippen LogP contribution in [-0.2, 0) is 0 Å². The van der Waals surface area contributed by atoms with Gasteiger partial charge in [0, 0.05) is 12.1 Å². The number of hydrogen-bond acceptors (Lipinski definition) is 2. The molecule has 0 unspecified atom stereocenters. The molecule has 0 aliphatic heterocycles. The lowest BCUT2D eigenvalue weighted by atomic mass is 9.95. The molecule has 0 saturated carbocycles. The molecule has 0 fully saturated rings. The average molecular weight is 238 g/mol. The fraction of sp³-hybridized carbons (Fsp3) is 0.250. The van der Waals surface area contributed by atoms with Crippen molar-refractivity contribution in [3.63, 3.8) is 0 Å². The van der Waals surface area contributed by atoms with Crippen LogP contribution >= 0.6 is 0 Å². The molecular formula is C16H18N2. The second kappa shape index (κ2) is 6.10. The highest BCUT2D eigenvalue weighted by Gasteiger charge is 2.10. The molecule has 1 N–H and O–H groups in total. The molecule has 0 saturated heterocycles. The van der Waals surface area contributed by atoms with Gasteiger partial charge in [0.15, 0.2) is 0 Å². The lowest BCUT2D eigenvalue weighted by molar-refractivity contribution is 0.809. The maximum absolute atomic E-state index is 7.98. The first kappa shape index (κ1) is 12.5. The van der Waals surface area contributed by atoms with Crippen molar-refractivity contribution >= 4 is 17.0 Å². The van der Waals surface area contributed by atoms with Crippen molar-refractivity contribution in [3.05, 3.63) is 54.1 Å². The standard InChI is InChI=1S/C16H18N2/c1-2-3-11-18-14-9-10-16(17)15(12-14)13-7-5-4-6-8-13/h4-10,12,17H,2-3,11H2,1H3. The van der Waals surface area contributed by atoms with Gasteiger partial charge < -0.3 is 5.41 Å². The highest BCUT2D eigenvalue weighted by Crippen LogP contribution is 2.19. The number of nitrogens with zero attached hydrogens (tertiary/aromatic N) is 1. The van der Waals surface area contributed by atoms with Gasteiger partial charge in [-0.2, -0.15) is 0 Å². The van der Waals surface area contributed by atoms with Gasteiger partial charge in [-0.15, -0.1) is 0 Å². The van der Waals surface area contributed by atoms with E-state index in [9.17, 15) is 0 Å². The van der Waals surface area contributed by atoms with Crippen LogP contribution in [0.5, 0.6) is 0 Å². The minimum atomic E-state index is 0.552. The fourth-order valence-corrected chi connectivity index (χ4v) is 1.85. The predicted molar refractivity (Wildman–Crippen MR) is 78.5 cm³/mol. The Morgan fingerprint density at radius 3 is 2.61 bits per heavy atom. The number of benzene rings is 1. The van der Waals surface area contributed by atoms with E-state index in [1.165, 1.54) is 0 Å². The molecule has 2 rings (SSSR count). The largest absolute Gasteiger partial charge is 0.300 e. The molecule has 92 valence electrons. The number of allylic oxidation sites excluding steroid dienone is 4. The minimum absolute atomic E-state index is 0.552. The molecule has 1 aliphatic rings. The second-order valence-corrected chi connectivity index (χ2v) is 4.33. The molecule has 2 nitrogen and oxygen atoms in total. The van der Waals surface area contributed by atoms with Crippen molar-refractivity contribution in [1.82, 2.24) is 0 Å². The second-order valence-electron chi connectivity index (χ2n) is 4.33. The van der Waals surface area contributed by atoms with Gasteiger partial charge in [-0.1, -0.05) is 43.7 Å². The maximum atomic E-state index is 7.98. The minimum Gasteiger partial charge on any atom is -0.300 e. The zero-order valence-electron chi connectivity index (χ0n) is 10.7. The van der Waals surface area contributed by atoms with Crippen molar-refractivity contribution in [2.75, 3.05) is 6.54 Å². The molecule has 2 heteroatoms. The summed E-state index contributed by atoms with van der Waals surface area (Å²) in [6.07, 6.45) is 8.03. The fourth-order valence-electron chi connectivity index (χ4n) is 1.85. The van der Waals surface area contributed by atoms with Gasteiger partial charge in [0.25, 0.3) is 0 Å². The summed E-state index contributed by atoms with van der Waals surface area (Å²) >= 11 is 0. The van der Waals surface area contributed by atoms with Crippen LogP contribution in [-0.4, -0.2) is 18.0 Å². The lowest BCUT2D eigenvalue weighted by Gasteiger charge is -2.11. The van der Waals surface area contributed by atoms with Crippen LogP contribution in [0.25, 0.3) is 5.57 Å². The normalized spacial score (nSPS) is 17.1.